The minimum atomic E-state index is -0.511. The average molecular weight is 335 g/mol. The number of carbonyl (C=O) groups excluding carboxylic acids is 2. The zero-order valence-corrected chi connectivity index (χ0v) is 13.8. The molecule has 126 valence electrons. The highest BCUT2D eigenvalue weighted by molar-refractivity contribution is 5.90. The van der Waals surface area contributed by atoms with Gasteiger partial charge < -0.3 is 9.47 Å². The summed E-state index contributed by atoms with van der Waals surface area (Å²) in [5.41, 5.74) is 3.17. The summed E-state index contributed by atoms with van der Waals surface area (Å²) < 4.78 is 9.90. The van der Waals surface area contributed by atoms with E-state index < -0.39 is 11.9 Å². The van der Waals surface area contributed by atoms with Gasteiger partial charge in [0, 0.05) is 5.57 Å². The quantitative estimate of drug-likeness (QED) is 0.459. The van der Waals surface area contributed by atoms with E-state index in [-0.39, 0.29) is 13.2 Å². The molecule has 0 heterocycles. The van der Waals surface area contributed by atoms with E-state index in [1.165, 1.54) is 0 Å². The third-order valence-electron chi connectivity index (χ3n) is 3.37. The molecule has 0 amide bonds. The largest absolute Gasteiger partial charge is 0.459 e. The van der Waals surface area contributed by atoms with Crippen LogP contribution in [0, 0.1) is 11.3 Å². The Balaban J connectivity index is 1.90. The van der Waals surface area contributed by atoms with Crippen LogP contribution in [0.5, 0.6) is 0 Å². The summed E-state index contributed by atoms with van der Waals surface area (Å²) in [5, 5.41) is 8.81. The van der Waals surface area contributed by atoms with Crippen LogP contribution >= 0.6 is 0 Å². The highest BCUT2D eigenvalue weighted by Gasteiger charge is 2.09. The van der Waals surface area contributed by atoms with Crippen LogP contribution in [-0.4, -0.2) is 25.2 Å². The first kappa shape index (κ1) is 18.0. The van der Waals surface area contributed by atoms with Crippen LogP contribution in [0.2, 0.25) is 0 Å². The van der Waals surface area contributed by atoms with E-state index in [1.54, 1.807) is 43.3 Å². The van der Waals surface area contributed by atoms with Crippen molar-refractivity contribution in [3.63, 3.8) is 0 Å². The molecule has 0 radical (unpaired) electrons. The van der Waals surface area contributed by atoms with E-state index >= 15 is 0 Å². The van der Waals surface area contributed by atoms with Crippen LogP contribution in [0.4, 0.5) is 0 Å². The highest BCUT2D eigenvalue weighted by Crippen LogP contribution is 2.20. The van der Waals surface area contributed by atoms with Crippen LogP contribution in [0.15, 0.2) is 60.7 Å². The lowest BCUT2D eigenvalue weighted by Crippen LogP contribution is -2.14. The highest BCUT2D eigenvalue weighted by atomic mass is 16.6. The molecule has 0 bridgehead atoms. The first-order valence-electron chi connectivity index (χ1n) is 7.61. The fourth-order valence-corrected chi connectivity index (χ4v) is 2.01. The van der Waals surface area contributed by atoms with Crippen molar-refractivity contribution < 1.29 is 19.1 Å². The van der Waals surface area contributed by atoms with Crippen LogP contribution in [0.3, 0.4) is 0 Å². The van der Waals surface area contributed by atoms with Gasteiger partial charge in [0.1, 0.15) is 13.2 Å². The topological polar surface area (TPSA) is 76.4 Å². The maximum Gasteiger partial charge on any atom is 0.338 e. The monoisotopic (exact) mass is 335 g/mol. The van der Waals surface area contributed by atoms with Gasteiger partial charge in [0.15, 0.2) is 0 Å². The summed E-state index contributed by atoms with van der Waals surface area (Å²) in [5.74, 6) is -0.999. The summed E-state index contributed by atoms with van der Waals surface area (Å²) in [4.78, 5) is 23.1. The van der Waals surface area contributed by atoms with E-state index in [9.17, 15) is 9.59 Å². The number of nitriles is 1. The van der Waals surface area contributed by atoms with E-state index in [0.29, 0.717) is 16.7 Å². The van der Waals surface area contributed by atoms with Gasteiger partial charge in [-0.25, -0.2) is 9.59 Å². The molecule has 0 aliphatic rings. The average Bonchev–Trinajstić information content (AvgIpc) is 2.65. The Morgan fingerprint density at radius 1 is 0.960 bits per heavy atom. The molecule has 2 aromatic carbocycles. The normalized spacial score (nSPS) is 9.76. The molecule has 0 N–H and O–H groups in total. The number of rotatable bonds is 6. The zero-order chi connectivity index (χ0) is 18.2. The molecule has 0 saturated heterocycles. The van der Waals surface area contributed by atoms with Gasteiger partial charge in [0.25, 0.3) is 0 Å². The van der Waals surface area contributed by atoms with Crippen molar-refractivity contribution in [1.29, 1.82) is 5.26 Å². The lowest BCUT2D eigenvalue weighted by atomic mass is 10.0. The summed E-state index contributed by atoms with van der Waals surface area (Å²) in [6.07, 6.45) is 0. The summed E-state index contributed by atoms with van der Waals surface area (Å²) in [6.45, 7) is 4.97. The number of hydrogen-bond acceptors (Lipinski definition) is 5. The number of benzene rings is 2. The first-order valence-corrected chi connectivity index (χ1v) is 7.61. The third-order valence-corrected chi connectivity index (χ3v) is 3.37. The second-order valence-electron chi connectivity index (χ2n) is 5.32. The Labute approximate surface area is 146 Å². The van der Waals surface area contributed by atoms with Crippen molar-refractivity contribution in [1.82, 2.24) is 0 Å². The summed E-state index contributed by atoms with van der Waals surface area (Å²) in [6, 6.07) is 16.2. The number of esters is 2. The fourth-order valence-electron chi connectivity index (χ4n) is 2.01. The molecule has 2 aromatic rings. The summed E-state index contributed by atoms with van der Waals surface area (Å²) in [7, 11) is 0. The number of nitrogens with zero attached hydrogens (tertiary/aromatic N) is 1. The molecule has 0 unspecified atom stereocenters. The number of ether oxygens (including phenoxy) is 2. The predicted octanol–water partition coefficient (Wildman–Crippen LogP) is 3.50. The fraction of sp³-hybridized carbons (Fsp3) is 0.150. The van der Waals surface area contributed by atoms with E-state index in [0.717, 1.165) is 11.1 Å². The Morgan fingerprint density at radius 2 is 1.48 bits per heavy atom. The molecular formula is C20H17NO4. The van der Waals surface area contributed by atoms with E-state index in [4.69, 9.17) is 14.7 Å². The van der Waals surface area contributed by atoms with Crippen LogP contribution in [0.1, 0.15) is 22.8 Å². The molecular weight excluding hydrogens is 318 g/mol. The maximum absolute atomic E-state index is 11.9. The van der Waals surface area contributed by atoms with Gasteiger partial charge in [-0.1, -0.05) is 30.8 Å². The molecule has 0 atom stereocenters. The van der Waals surface area contributed by atoms with Crippen LogP contribution in [0.25, 0.3) is 11.1 Å². The SMILES string of the molecule is C=C(C)C(=O)OCCOC(=O)c1ccc(-c2ccc(C#N)cc2)cc1. The minimum Gasteiger partial charge on any atom is -0.459 e. The van der Waals surface area contributed by atoms with Crippen molar-refractivity contribution in [2.75, 3.05) is 13.2 Å². The van der Waals surface area contributed by atoms with Gasteiger partial charge in [0.05, 0.1) is 17.2 Å². The molecule has 0 fully saturated rings. The van der Waals surface area contributed by atoms with Gasteiger partial charge >= 0.3 is 11.9 Å². The molecule has 2 rings (SSSR count). The van der Waals surface area contributed by atoms with Crippen molar-refractivity contribution in [3.8, 4) is 17.2 Å². The Kier molecular flexibility index (Phi) is 6.08. The lowest BCUT2D eigenvalue weighted by molar-refractivity contribution is -0.140. The Hall–Kier alpha value is -3.39. The molecule has 5 nitrogen and oxygen atoms in total. The van der Waals surface area contributed by atoms with Crippen molar-refractivity contribution in [3.05, 3.63) is 71.8 Å². The molecule has 0 spiro atoms. The minimum absolute atomic E-state index is 0.0131. The lowest BCUT2D eigenvalue weighted by Gasteiger charge is -2.07. The standard InChI is InChI=1S/C20H17NO4/c1-14(2)19(22)24-11-12-25-20(23)18-9-7-17(8-10-18)16-5-3-15(13-21)4-6-16/h3-10H,1,11-12H2,2H3. The predicted molar refractivity (Wildman–Crippen MR) is 92.6 cm³/mol. The molecule has 0 aromatic heterocycles. The Bertz CT molecular complexity index is 814. The molecule has 0 aliphatic heterocycles. The van der Waals surface area contributed by atoms with Gasteiger partial charge in [-0.3, -0.25) is 0 Å². The molecule has 0 saturated carbocycles. The second kappa shape index (κ2) is 8.46. The van der Waals surface area contributed by atoms with Gasteiger partial charge in [-0.05, 0) is 42.3 Å². The van der Waals surface area contributed by atoms with Crippen LogP contribution < -0.4 is 0 Å². The number of carbonyl (C=O) groups is 2. The van der Waals surface area contributed by atoms with Gasteiger partial charge in [-0.2, -0.15) is 5.26 Å². The van der Waals surface area contributed by atoms with Gasteiger partial charge in [-0.15, -0.1) is 0 Å². The van der Waals surface area contributed by atoms with Crippen molar-refractivity contribution >= 4 is 11.9 Å². The van der Waals surface area contributed by atoms with Gasteiger partial charge in [0.2, 0.25) is 0 Å². The maximum atomic E-state index is 11.9. The molecule has 0 aliphatic carbocycles. The second-order valence-corrected chi connectivity index (χ2v) is 5.32. The smallest absolute Gasteiger partial charge is 0.338 e. The number of hydrogen-bond donors (Lipinski definition) is 0. The van der Waals surface area contributed by atoms with E-state index in [1.807, 2.05) is 12.1 Å². The first-order chi connectivity index (χ1) is 12.0. The molecule has 25 heavy (non-hydrogen) atoms. The van der Waals surface area contributed by atoms with Crippen molar-refractivity contribution in [2.45, 2.75) is 6.92 Å². The van der Waals surface area contributed by atoms with Crippen LogP contribution in [-0.2, 0) is 14.3 Å². The Morgan fingerprint density at radius 3 is 2.00 bits per heavy atom. The molecule has 5 heteroatoms. The zero-order valence-electron chi connectivity index (χ0n) is 13.8. The van der Waals surface area contributed by atoms with Crippen molar-refractivity contribution in [2.24, 2.45) is 0 Å². The van der Waals surface area contributed by atoms with E-state index in [2.05, 4.69) is 12.6 Å². The summed E-state index contributed by atoms with van der Waals surface area (Å²) >= 11 is 0. The third kappa shape index (κ3) is 5.05.